The first-order valence-electron chi connectivity index (χ1n) is 8.40. The van der Waals surface area contributed by atoms with E-state index in [0.29, 0.717) is 12.7 Å². The molecular weight excluding hydrogens is 286 g/mol. The van der Waals surface area contributed by atoms with E-state index in [1.54, 1.807) is 0 Å². The van der Waals surface area contributed by atoms with Gasteiger partial charge in [-0.3, -0.25) is 4.90 Å². The summed E-state index contributed by atoms with van der Waals surface area (Å²) >= 11 is 0. The number of aliphatic hydroxyl groups excluding tert-OH is 1. The van der Waals surface area contributed by atoms with Crippen LogP contribution in [0.15, 0.2) is 54.6 Å². The molecule has 0 spiro atoms. The monoisotopic (exact) mass is 311 g/mol. The number of aliphatic hydroxyl groups is 1. The second kappa shape index (κ2) is 8.25. The van der Waals surface area contributed by atoms with Crippen LogP contribution in [0.3, 0.4) is 0 Å². The van der Waals surface area contributed by atoms with Crippen molar-refractivity contribution in [3.8, 4) is 0 Å². The number of hydrogen-bond donors (Lipinski definition) is 1. The third-order valence-electron chi connectivity index (χ3n) is 4.47. The van der Waals surface area contributed by atoms with Crippen LogP contribution in [0.25, 0.3) is 0 Å². The van der Waals surface area contributed by atoms with Crippen LogP contribution in [0.5, 0.6) is 0 Å². The summed E-state index contributed by atoms with van der Waals surface area (Å²) in [5.41, 5.74) is 3.53. The minimum absolute atomic E-state index is 0.116. The number of hydrogen-bond acceptors (Lipinski definition) is 3. The van der Waals surface area contributed by atoms with Gasteiger partial charge in [-0.05, 0) is 29.5 Å². The summed E-state index contributed by atoms with van der Waals surface area (Å²) in [4.78, 5) is 2.48. The summed E-state index contributed by atoms with van der Waals surface area (Å²) in [6, 6.07) is 18.6. The zero-order valence-electron chi connectivity index (χ0n) is 13.5. The highest BCUT2D eigenvalue weighted by Crippen LogP contribution is 2.18. The summed E-state index contributed by atoms with van der Waals surface area (Å²) in [5, 5.41) is 9.09. The topological polar surface area (TPSA) is 32.7 Å². The fourth-order valence-electron chi connectivity index (χ4n) is 3.03. The van der Waals surface area contributed by atoms with Crippen molar-refractivity contribution in [3.05, 3.63) is 71.3 Å². The molecule has 1 aliphatic heterocycles. The Morgan fingerprint density at radius 3 is 2.17 bits per heavy atom. The zero-order valence-corrected chi connectivity index (χ0v) is 13.5. The Hall–Kier alpha value is -1.68. The van der Waals surface area contributed by atoms with Crippen LogP contribution in [0, 0.1) is 0 Å². The number of rotatable bonds is 6. The van der Waals surface area contributed by atoms with Crippen LogP contribution >= 0.6 is 0 Å². The summed E-state index contributed by atoms with van der Waals surface area (Å²) < 4.78 is 6.04. The largest absolute Gasteiger partial charge is 0.392 e. The summed E-state index contributed by atoms with van der Waals surface area (Å²) in [5.74, 6) is 0. The molecule has 1 fully saturated rings. The number of likely N-dealkylation sites (tertiary alicyclic amines) is 1. The van der Waals surface area contributed by atoms with Gasteiger partial charge in [0.1, 0.15) is 0 Å². The fourth-order valence-corrected chi connectivity index (χ4v) is 3.03. The first-order chi connectivity index (χ1) is 11.3. The van der Waals surface area contributed by atoms with E-state index in [9.17, 15) is 0 Å². The number of ether oxygens (including phenoxy) is 1. The van der Waals surface area contributed by atoms with Crippen molar-refractivity contribution in [2.24, 2.45) is 0 Å². The highest BCUT2D eigenvalue weighted by Gasteiger charge is 2.19. The molecule has 0 bridgehead atoms. The summed E-state index contributed by atoms with van der Waals surface area (Å²) in [6.07, 6.45) is 2.58. The molecular formula is C20H25NO2. The van der Waals surface area contributed by atoms with Crippen molar-refractivity contribution in [3.63, 3.8) is 0 Å². The van der Waals surface area contributed by atoms with Crippen molar-refractivity contribution in [1.82, 2.24) is 4.90 Å². The Bertz CT molecular complexity index is 574. The van der Waals surface area contributed by atoms with Crippen molar-refractivity contribution in [2.75, 3.05) is 13.1 Å². The molecule has 122 valence electrons. The van der Waals surface area contributed by atoms with E-state index in [-0.39, 0.29) is 6.61 Å². The lowest BCUT2D eigenvalue weighted by molar-refractivity contribution is -0.00394. The Morgan fingerprint density at radius 1 is 0.870 bits per heavy atom. The molecule has 1 aliphatic rings. The molecule has 3 nitrogen and oxygen atoms in total. The van der Waals surface area contributed by atoms with Crippen LogP contribution < -0.4 is 0 Å². The summed E-state index contributed by atoms with van der Waals surface area (Å²) in [7, 11) is 0. The molecule has 1 saturated heterocycles. The number of nitrogens with zero attached hydrogens (tertiary/aromatic N) is 1. The molecule has 0 saturated carbocycles. The molecule has 2 aromatic carbocycles. The average molecular weight is 311 g/mol. The van der Waals surface area contributed by atoms with Crippen LogP contribution in [0.1, 0.15) is 29.5 Å². The normalized spacial score (nSPS) is 16.6. The number of benzene rings is 2. The van der Waals surface area contributed by atoms with Gasteiger partial charge in [0, 0.05) is 19.6 Å². The molecule has 0 atom stereocenters. The first-order valence-corrected chi connectivity index (χ1v) is 8.40. The van der Waals surface area contributed by atoms with Crippen molar-refractivity contribution >= 4 is 0 Å². The molecule has 3 heteroatoms. The quantitative estimate of drug-likeness (QED) is 0.888. The minimum Gasteiger partial charge on any atom is -0.392 e. The number of piperidine rings is 1. The maximum atomic E-state index is 9.09. The van der Waals surface area contributed by atoms with Gasteiger partial charge >= 0.3 is 0 Å². The van der Waals surface area contributed by atoms with Crippen molar-refractivity contribution < 1.29 is 9.84 Å². The predicted molar refractivity (Wildman–Crippen MR) is 91.9 cm³/mol. The van der Waals surface area contributed by atoms with E-state index in [1.165, 1.54) is 11.1 Å². The van der Waals surface area contributed by atoms with Crippen LogP contribution in [0.4, 0.5) is 0 Å². The smallest absolute Gasteiger partial charge is 0.0720 e. The SMILES string of the molecule is OCc1ccc(CN2CCC(OCc3ccccc3)CC2)cc1. The Kier molecular flexibility index (Phi) is 5.81. The second-order valence-corrected chi connectivity index (χ2v) is 6.25. The summed E-state index contributed by atoms with van der Waals surface area (Å²) in [6.45, 7) is 3.98. The standard InChI is InChI=1S/C20H25NO2/c22-15-18-8-6-17(7-9-18)14-21-12-10-20(11-13-21)23-16-19-4-2-1-3-5-19/h1-9,20,22H,10-16H2. The van der Waals surface area contributed by atoms with E-state index in [1.807, 2.05) is 18.2 Å². The third-order valence-corrected chi connectivity index (χ3v) is 4.47. The lowest BCUT2D eigenvalue weighted by Crippen LogP contribution is -2.36. The maximum Gasteiger partial charge on any atom is 0.0720 e. The van der Waals surface area contributed by atoms with Gasteiger partial charge in [-0.1, -0.05) is 54.6 Å². The van der Waals surface area contributed by atoms with Crippen molar-refractivity contribution in [2.45, 2.75) is 38.7 Å². The lowest BCUT2D eigenvalue weighted by atomic mass is 10.1. The van der Waals surface area contributed by atoms with Gasteiger partial charge in [0.2, 0.25) is 0 Å². The van der Waals surface area contributed by atoms with E-state index >= 15 is 0 Å². The van der Waals surface area contributed by atoms with Gasteiger partial charge in [-0.25, -0.2) is 0 Å². The third kappa shape index (κ3) is 4.90. The molecule has 0 aromatic heterocycles. The Morgan fingerprint density at radius 2 is 1.52 bits per heavy atom. The second-order valence-electron chi connectivity index (χ2n) is 6.25. The van der Waals surface area contributed by atoms with Gasteiger partial charge in [-0.2, -0.15) is 0 Å². The fraction of sp³-hybridized carbons (Fsp3) is 0.400. The van der Waals surface area contributed by atoms with Crippen LogP contribution in [-0.2, 0) is 24.5 Å². The molecule has 0 amide bonds. The highest BCUT2D eigenvalue weighted by molar-refractivity contribution is 5.22. The van der Waals surface area contributed by atoms with E-state index < -0.39 is 0 Å². The average Bonchev–Trinajstić information content (AvgIpc) is 2.63. The molecule has 3 rings (SSSR count). The van der Waals surface area contributed by atoms with Gasteiger partial charge in [-0.15, -0.1) is 0 Å². The molecule has 0 radical (unpaired) electrons. The molecule has 2 aromatic rings. The molecule has 1 N–H and O–H groups in total. The molecule has 0 unspecified atom stereocenters. The van der Waals surface area contributed by atoms with Crippen LogP contribution in [0.2, 0.25) is 0 Å². The van der Waals surface area contributed by atoms with E-state index in [0.717, 1.165) is 38.0 Å². The van der Waals surface area contributed by atoms with Gasteiger partial charge in [0.05, 0.1) is 19.3 Å². The van der Waals surface area contributed by atoms with Crippen LogP contribution in [-0.4, -0.2) is 29.2 Å². The predicted octanol–water partition coefficient (Wildman–Crippen LogP) is 3.36. The highest BCUT2D eigenvalue weighted by atomic mass is 16.5. The minimum atomic E-state index is 0.116. The maximum absolute atomic E-state index is 9.09. The first kappa shape index (κ1) is 16.2. The Labute approximate surface area is 138 Å². The van der Waals surface area contributed by atoms with Crippen molar-refractivity contribution in [1.29, 1.82) is 0 Å². The molecule has 1 heterocycles. The Balaban J connectivity index is 1.41. The van der Waals surface area contributed by atoms with Gasteiger partial charge in [0.15, 0.2) is 0 Å². The van der Waals surface area contributed by atoms with E-state index in [4.69, 9.17) is 9.84 Å². The zero-order chi connectivity index (χ0) is 15.9. The lowest BCUT2D eigenvalue weighted by Gasteiger charge is -2.32. The molecule has 23 heavy (non-hydrogen) atoms. The molecule has 0 aliphatic carbocycles. The van der Waals surface area contributed by atoms with Gasteiger partial charge in [0.25, 0.3) is 0 Å². The van der Waals surface area contributed by atoms with E-state index in [2.05, 4.69) is 41.3 Å². The van der Waals surface area contributed by atoms with Gasteiger partial charge < -0.3 is 9.84 Å².